The van der Waals surface area contributed by atoms with Crippen molar-refractivity contribution < 1.29 is 17.9 Å². The average molecular weight is 412 g/mol. The van der Waals surface area contributed by atoms with E-state index >= 15 is 0 Å². The van der Waals surface area contributed by atoms with Crippen LogP contribution in [0.15, 0.2) is 67.3 Å². The number of alkyl halides is 2. The van der Waals surface area contributed by atoms with Crippen LogP contribution < -0.4 is 4.74 Å². The zero-order chi connectivity index (χ0) is 21.6. The third-order valence-electron chi connectivity index (χ3n) is 5.19. The van der Waals surface area contributed by atoms with E-state index in [1.54, 1.807) is 18.2 Å². The van der Waals surface area contributed by atoms with Crippen molar-refractivity contribution in [3.63, 3.8) is 0 Å². The molecule has 0 aliphatic carbocycles. The van der Waals surface area contributed by atoms with Gasteiger partial charge in [0, 0.05) is 0 Å². The fourth-order valence-corrected chi connectivity index (χ4v) is 3.44. The molecule has 4 heteroatoms. The van der Waals surface area contributed by atoms with E-state index in [2.05, 4.69) is 13.5 Å². The summed E-state index contributed by atoms with van der Waals surface area (Å²) >= 11 is 0. The Bertz CT molecular complexity index is 993. The van der Waals surface area contributed by atoms with Crippen molar-refractivity contribution in [1.82, 2.24) is 0 Å². The highest BCUT2D eigenvalue weighted by atomic mass is 19.3. The van der Waals surface area contributed by atoms with Crippen molar-refractivity contribution >= 4 is 10.8 Å². The molecule has 30 heavy (non-hydrogen) atoms. The van der Waals surface area contributed by atoms with Gasteiger partial charge in [0.25, 0.3) is 0 Å². The van der Waals surface area contributed by atoms with Crippen molar-refractivity contribution in [2.45, 2.75) is 51.6 Å². The number of rotatable bonds is 10. The molecule has 0 heterocycles. The minimum atomic E-state index is -3.63. The SMILES string of the molecule is C=CCCc1ccc(C(F)(F)Oc2cc3ccc(CCCCC)cc3cc2F)cc1. The Hall–Kier alpha value is -2.75. The summed E-state index contributed by atoms with van der Waals surface area (Å²) in [6, 6.07) is 14.2. The highest BCUT2D eigenvalue weighted by molar-refractivity contribution is 5.84. The molecular formula is C26H27F3O. The van der Waals surface area contributed by atoms with Crippen LogP contribution in [0.4, 0.5) is 13.2 Å². The molecule has 0 aliphatic heterocycles. The molecule has 3 aromatic carbocycles. The molecule has 0 aromatic heterocycles. The lowest BCUT2D eigenvalue weighted by atomic mass is 10.0. The van der Waals surface area contributed by atoms with Crippen molar-refractivity contribution in [1.29, 1.82) is 0 Å². The number of aryl methyl sites for hydroxylation is 2. The van der Waals surface area contributed by atoms with Gasteiger partial charge in [-0.3, -0.25) is 0 Å². The monoisotopic (exact) mass is 412 g/mol. The van der Waals surface area contributed by atoms with Gasteiger partial charge >= 0.3 is 6.11 Å². The molecule has 0 fully saturated rings. The number of unbranched alkanes of at least 4 members (excludes halogenated alkanes) is 2. The quantitative estimate of drug-likeness (QED) is 0.242. The lowest BCUT2D eigenvalue weighted by Gasteiger charge is -2.19. The summed E-state index contributed by atoms with van der Waals surface area (Å²) < 4.78 is 48.6. The van der Waals surface area contributed by atoms with Crippen LogP contribution in [0, 0.1) is 5.82 Å². The van der Waals surface area contributed by atoms with Crippen molar-refractivity contribution in [2.24, 2.45) is 0 Å². The first-order chi connectivity index (χ1) is 14.4. The number of ether oxygens (including phenoxy) is 1. The maximum absolute atomic E-state index is 14.6. The molecule has 158 valence electrons. The Balaban J connectivity index is 1.79. The van der Waals surface area contributed by atoms with Crippen LogP contribution in [0.25, 0.3) is 10.8 Å². The smallest absolute Gasteiger partial charge is 0.426 e. The fraction of sp³-hybridized carbons (Fsp3) is 0.308. The second-order valence-electron chi connectivity index (χ2n) is 7.56. The molecule has 0 saturated heterocycles. The van der Waals surface area contributed by atoms with Gasteiger partial charge in [0.2, 0.25) is 0 Å². The summed E-state index contributed by atoms with van der Waals surface area (Å²) in [7, 11) is 0. The second-order valence-corrected chi connectivity index (χ2v) is 7.56. The highest BCUT2D eigenvalue weighted by Gasteiger charge is 2.35. The van der Waals surface area contributed by atoms with Gasteiger partial charge in [0.1, 0.15) is 0 Å². The Kier molecular flexibility index (Phi) is 7.20. The molecule has 0 atom stereocenters. The number of allylic oxidation sites excluding steroid dienone is 1. The van der Waals surface area contributed by atoms with Gasteiger partial charge in [-0.25, -0.2) is 4.39 Å². The van der Waals surface area contributed by atoms with Gasteiger partial charge in [-0.2, -0.15) is 8.78 Å². The number of hydrogen-bond donors (Lipinski definition) is 0. The van der Waals surface area contributed by atoms with Gasteiger partial charge in [0.15, 0.2) is 11.6 Å². The summed E-state index contributed by atoms with van der Waals surface area (Å²) in [6.07, 6.45) is 3.92. The second kappa shape index (κ2) is 9.84. The van der Waals surface area contributed by atoms with E-state index in [0.717, 1.165) is 49.7 Å². The Labute approximate surface area is 176 Å². The highest BCUT2D eigenvalue weighted by Crippen LogP contribution is 2.35. The zero-order valence-corrected chi connectivity index (χ0v) is 17.3. The molecule has 0 spiro atoms. The minimum absolute atomic E-state index is 0.310. The number of fused-ring (bicyclic) bond motifs is 1. The summed E-state index contributed by atoms with van der Waals surface area (Å²) in [5.74, 6) is -1.25. The third kappa shape index (κ3) is 5.44. The largest absolute Gasteiger partial charge is 0.426 e. The lowest BCUT2D eigenvalue weighted by Crippen LogP contribution is -2.22. The zero-order valence-electron chi connectivity index (χ0n) is 17.3. The van der Waals surface area contributed by atoms with E-state index in [1.165, 1.54) is 24.3 Å². The van der Waals surface area contributed by atoms with E-state index in [4.69, 9.17) is 4.74 Å². The molecule has 0 saturated carbocycles. The van der Waals surface area contributed by atoms with Crippen molar-refractivity contribution in [3.05, 3.63) is 89.8 Å². The van der Waals surface area contributed by atoms with E-state index in [-0.39, 0.29) is 5.56 Å². The van der Waals surface area contributed by atoms with Crippen LogP contribution in [-0.4, -0.2) is 0 Å². The molecule has 0 radical (unpaired) electrons. The third-order valence-corrected chi connectivity index (χ3v) is 5.19. The summed E-state index contributed by atoms with van der Waals surface area (Å²) in [4.78, 5) is 0. The Morgan fingerprint density at radius 3 is 2.33 bits per heavy atom. The number of halogens is 3. The van der Waals surface area contributed by atoms with Gasteiger partial charge in [-0.15, -0.1) is 6.58 Å². The molecule has 3 rings (SSSR count). The van der Waals surface area contributed by atoms with Gasteiger partial charge in [-0.05, 0) is 71.8 Å². The van der Waals surface area contributed by atoms with Crippen molar-refractivity contribution in [3.8, 4) is 5.75 Å². The van der Waals surface area contributed by atoms with E-state index in [1.807, 2.05) is 18.2 Å². The van der Waals surface area contributed by atoms with Gasteiger partial charge in [-0.1, -0.05) is 56.2 Å². The lowest BCUT2D eigenvalue weighted by molar-refractivity contribution is -0.186. The van der Waals surface area contributed by atoms with E-state index in [0.29, 0.717) is 10.8 Å². The van der Waals surface area contributed by atoms with Crippen LogP contribution in [0.5, 0.6) is 5.75 Å². The van der Waals surface area contributed by atoms with Crippen LogP contribution in [-0.2, 0) is 19.0 Å². The predicted molar refractivity (Wildman–Crippen MR) is 117 cm³/mol. The average Bonchev–Trinajstić information content (AvgIpc) is 2.73. The first kappa shape index (κ1) is 21.9. The van der Waals surface area contributed by atoms with Gasteiger partial charge in [0.05, 0.1) is 5.56 Å². The predicted octanol–water partition coefficient (Wildman–Crippen LogP) is 7.96. The summed E-state index contributed by atoms with van der Waals surface area (Å²) in [5, 5.41) is 1.35. The molecule has 0 aliphatic rings. The van der Waals surface area contributed by atoms with E-state index < -0.39 is 17.7 Å². The number of hydrogen-bond acceptors (Lipinski definition) is 1. The molecule has 1 nitrogen and oxygen atoms in total. The Morgan fingerprint density at radius 2 is 1.63 bits per heavy atom. The van der Waals surface area contributed by atoms with Crippen molar-refractivity contribution in [2.75, 3.05) is 0 Å². The molecule has 3 aromatic rings. The molecule has 0 amide bonds. The van der Waals surface area contributed by atoms with Crippen LogP contribution in [0.2, 0.25) is 0 Å². The Morgan fingerprint density at radius 1 is 0.900 bits per heavy atom. The first-order valence-corrected chi connectivity index (χ1v) is 10.4. The maximum Gasteiger partial charge on any atom is 0.426 e. The first-order valence-electron chi connectivity index (χ1n) is 10.4. The van der Waals surface area contributed by atoms with E-state index in [9.17, 15) is 13.2 Å². The molecule has 0 bridgehead atoms. The van der Waals surface area contributed by atoms with Crippen LogP contribution in [0.3, 0.4) is 0 Å². The normalized spacial score (nSPS) is 11.6. The van der Waals surface area contributed by atoms with Crippen LogP contribution >= 0.6 is 0 Å². The standard InChI is InChI=1S/C26H27F3O/c1-3-5-7-9-20-10-13-21-18-25(24(27)17-22(21)16-20)30-26(28,29)23-14-11-19(12-15-23)8-6-4-2/h4,10-18H,2-3,5-9H2,1H3. The van der Waals surface area contributed by atoms with Gasteiger partial charge < -0.3 is 4.74 Å². The summed E-state index contributed by atoms with van der Waals surface area (Å²) in [6.45, 7) is 5.80. The van der Waals surface area contributed by atoms with Crippen LogP contribution in [0.1, 0.15) is 49.3 Å². The minimum Gasteiger partial charge on any atom is -0.426 e. The number of benzene rings is 3. The molecular weight excluding hydrogens is 385 g/mol. The summed E-state index contributed by atoms with van der Waals surface area (Å²) in [5.41, 5.74) is 1.74. The maximum atomic E-state index is 14.6. The molecule has 0 unspecified atom stereocenters. The molecule has 0 N–H and O–H groups in total. The fourth-order valence-electron chi connectivity index (χ4n) is 3.44. The topological polar surface area (TPSA) is 9.23 Å².